The van der Waals surface area contributed by atoms with Gasteiger partial charge in [-0.3, -0.25) is 29.0 Å². The Morgan fingerprint density at radius 2 is 0.935 bits per heavy atom. The van der Waals surface area contributed by atoms with Crippen molar-refractivity contribution in [3.63, 3.8) is 0 Å². The van der Waals surface area contributed by atoms with Gasteiger partial charge in [-0.25, -0.2) is 4.79 Å². The molecule has 62 heavy (non-hydrogen) atoms. The lowest BCUT2D eigenvalue weighted by molar-refractivity contribution is -0.147. The summed E-state index contributed by atoms with van der Waals surface area (Å²) in [5.41, 5.74) is 10.6. The number of hydrogen-bond acceptors (Lipinski definition) is 15. The van der Waals surface area contributed by atoms with Crippen molar-refractivity contribution in [2.75, 3.05) is 118 Å². The van der Waals surface area contributed by atoms with Crippen LogP contribution in [0.25, 0.3) is 0 Å². The minimum absolute atomic E-state index is 0.0324. The van der Waals surface area contributed by atoms with Crippen LogP contribution in [0, 0.1) is 0 Å². The molecule has 0 aliphatic rings. The van der Waals surface area contributed by atoms with E-state index in [0.29, 0.717) is 66.1 Å². The lowest BCUT2D eigenvalue weighted by Gasteiger charge is -2.19. The van der Waals surface area contributed by atoms with Gasteiger partial charge in [0.25, 0.3) is 0 Å². The Labute approximate surface area is 370 Å². The fourth-order valence-corrected chi connectivity index (χ4v) is 5.42. The number of carbonyl (C=O) groups excluding carboxylic acids is 4. The second-order valence-corrected chi connectivity index (χ2v) is 14.2. The van der Waals surface area contributed by atoms with Crippen LogP contribution in [0.15, 0.2) is 4.99 Å². The predicted molar refractivity (Wildman–Crippen MR) is 231 cm³/mol. The van der Waals surface area contributed by atoms with Crippen LogP contribution in [0.1, 0.15) is 77.0 Å². The van der Waals surface area contributed by atoms with E-state index in [-0.39, 0.29) is 45.2 Å². The van der Waals surface area contributed by atoms with Crippen molar-refractivity contribution >= 4 is 54.2 Å². The number of carboxylic acid groups (broad SMARTS) is 2. The second-order valence-electron chi connectivity index (χ2n) is 13.8. The van der Waals surface area contributed by atoms with Crippen molar-refractivity contribution in [2.24, 2.45) is 16.5 Å². The monoisotopic (exact) mass is 911 g/mol. The Kier molecular flexibility index (Phi) is 39.8. The molecule has 0 saturated carbocycles. The fourth-order valence-electron chi connectivity index (χ4n) is 5.20. The van der Waals surface area contributed by atoms with Crippen LogP contribution in [-0.4, -0.2) is 182 Å². The third-order valence-corrected chi connectivity index (χ3v) is 8.71. The van der Waals surface area contributed by atoms with E-state index in [1.165, 1.54) is 51.4 Å². The van der Waals surface area contributed by atoms with Gasteiger partial charge in [0.2, 0.25) is 23.6 Å². The molecular weight excluding hydrogens is 839 g/mol. The number of nitrogens with one attached hydrogen (secondary N) is 4. The van der Waals surface area contributed by atoms with Gasteiger partial charge >= 0.3 is 11.9 Å². The van der Waals surface area contributed by atoms with Crippen molar-refractivity contribution in [3.05, 3.63) is 0 Å². The van der Waals surface area contributed by atoms with E-state index in [1.54, 1.807) is 0 Å². The van der Waals surface area contributed by atoms with E-state index in [4.69, 9.17) is 54.8 Å². The largest absolute Gasteiger partial charge is 0.481 e. The van der Waals surface area contributed by atoms with Gasteiger partial charge in [-0.2, -0.15) is 12.6 Å². The van der Waals surface area contributed by atoms with Crippen LogP contribution in [0.3, 0.4) is 0 Å². The second kappa shape index (κ2) is 42.5. The molecule has 360 valence electrons. The number of carboxylic acids is 2. The maximum Gasteiger partial charge on any atom is 0.326 e. The van der Waals surface area contributed by atoms with Crippen molar-refractivity contribution in [1.82, 2.24) is 21.3 Å². The number of guanidine groups is 1. The van der Waals surface area contributed by atoms with E-state index in [0.717, 1.165) is 18.8 Å². The molecule has 0 bridgehead atoms. The highest BCUT2D eigenvalue weighted by molar-refractivity contribution is 7.80. The Morgan fingerprint density at radius 3 is 1.39 bits per heavy atom. The molecule has 0 aliphatic heterocycles. The van der Waals surface area contributed by atoms with Crippen LogP contribution >= 0.6 is 12.6 Å². The molecule has 0 aromatic carbocycles. The summed E-state index contributed by atoms with van der Waals surface area (Å²) in [5.74, 6) is -5.31. The zero-order valence-corrected chi connectivity index (χ0v) is 37.0. The number of aliphatic imine (C=N–C) groups is 1. The van der Waals surface area contributed by atoms with Gasteiger partial charge in [-0.1, -0.05) is 44.9 Å². The number of hydrogen-bond donors (Lipinski definition) is 9. The molecule has 0 unspecified atom stereocenters. The predicted octanol–water partition coefficient (Wildman–Crippen LogP) is -0.642. The first-order valence-corrected chi connectivity index (χ1v) is 21.9. The number of ether oxygens (including phenoxy) is 7. The molecule has 0 aliphatic carbocycles. The van der Waals surface area contributed by atoms with Gasteiger partial charge in [0, 0.05) is 13.2 Å². The van der Waals surface area contributed by atoms with Crippen molar-refractivity contribution in [1.29, 1.82) is 0 Å². The standard InChI is InChI=1S/C39H73N7O15S/c40-39(41)42-12-10-11-31(37(52)44-29-34(48)46-32(38(53)54)27-36(50)51)45-33(47)28-43-35(49)30-61-25-24-60-23-22-59-21-20-58-19-18-57-17-16-56-15-14-55-13-8-6-4-2-1-3-5-7-9-26-62/h31-32,62H,1-30H2,(H,43,49)(H,44,52)(H,45,47)(H,46,48)(H,50,51)(H,53,54)(H4,40,41,42)/t31-,32-/m0/s1. The number of nitrogens with zero attached hydrogens (tertiary/aromatic N) is 1. The van der Waals surface area contributed by atoms with Gasteiger partial charge in [-0.05, 0) is 31.4 Å². The van der Waals surface area contributed by atoms with E-state index < -0.39 is 67.2 Å². The van der Waals surface area contributed by atoms with Crippen LogP contribution < -0.4 is 32.7 Å². The summed E-state index contributed by atoms with van der Waals surface area (Å²) in [6.45, 7) is 4.12. The number of unbranched alkanes of at least 4 members (excludes halogenated alkanes) is 8. The number of carbonyl (C=O) groups is 6. The molecular formula is C39H73N7O15S. The molecule has 0 spiro atoms. The summed E-state index contributed by atoms with van der Waals surface area (Å²) >= 11 is 4.24. The summed E-state index contributed by atoms with van der Waals surface area (Å²) in [6.07, 6.45) is 10.8. The van der Waals surface area contributed by atoms with Crippen molar-refractivity contribution < 1.29 is 72.1 Å². The maximum absolute atomic E-state index is 12.8. The quantitative estimate of drug-likeness (QED) is 0.0159. The first-order chi connectivity index (χ1) is 30.0. The maximum atomic E-state index is 12.8. The molecule has 0 radical (unpaired) electrons. The summed E-state index contributed by atoms with van der Waals surface area (Å²) in [5, 5.41) is 26.9. The molecule has 0 heterocycles. The van der Waals surface area contributed by atoms with Crippen LogP contribution in [0.5, 0.6) is 0 Å². The summed E-state index contributed by atoms with van der Waals surface area (Å²) in [6, 6.07) is -2.90. The normalized spacial score (nSPS) is 12.0. The lowest BCUT2D eigenvalue weighted by Crippen LogP contribution is -2.52. The summed E-state index contributed by atoms with van der Waals surface area (Å²) < 4.78 is 38.2. The third kappa shape index (κ3) is 40.2. The Morgan fingerprint density at radius 1 is 0.516 bits per heavy atom. The molecule has 0 rings (SSSR count). The first-order valence-electron chi connectivity index (χ1n) is 21.2. The average Bonchev–Trinajstić information content (AvgIpc) is 3.23. The number of aliphatic carboxylic acids is 2. The number of amides is 4. The Hall–Kier alpha value is -3.84. The van der Waals surface area contributed by atoms with Crippen LogP contribution in [0.2, 0.25) is 0 Å². The molecule has 22 nitrogen and oxygen atoms in total. The van der Waals surface area contributed by atoms with Crippen LogP contribution in [0.4, 0.5) is 0 Å². The molecule has 0 aromatic rings. The zero-order valence-electron chi connectivity index (χ0n) is 36.1. The zero-order chi connectivity index (χ0) is 45.9. The molecule has 0 aromatic heterocycles. The lowest BCUT2D eigenvalue weighted by atomic mass is 10.1. The molecule has 23 heteroatoms. The summed E-state index contributed by atoms with van der Waals surface area (Å²) in [4.78, 5) is 75.3. The molecule has 10 N–H and O–H groups in total. The highest BCUT2D eigenvalue weighted by Crippen LogP contribution is 2.10. The highest BCUT2D eigenvalue weighted by Gasteiger charge is 2.25. The minimum Gasteiger partial charge on any atom is -0.481 e. The SMILES string of the molecule is NC(N)=NCCC[C@H](NC(=O)CNC(=O)COCCOCCOCCOCCOCCOCCOCCCCCCCCCCCS)C(=O)NCC(=O)N[C@@H](CC(=O)O)C(=O)O. The highest BCUT2D eigenvalue weighted by atomic mass is 32.1. The van der Waals surface area contributed by atoms with Gasteiger partial charge in [0.15, 0.2) is 5.96 Å². The average molecular weight is 912 g/mol. The van der Waals surface area contributed by atoms with Crippen molar-refractivity contribution in [2.45, 2.75) is 89.1 Å². The van der Waals surface area contributed by atoms with E-state index in [2.05, 4.69) is 33.6 Å². The number of rotatable bonds is 45. The molecule has 4 amide bonds. The van der Waals surface area contributed by atoms with Gasteiger partial charge in [0.05, 0.1) is 98.8 Å². The van der Waals surface area contributed by atoms with Crippen LogP contribution in [-0.2, 0) is 61.9 Å². The number of thiol groups is 1. The Balaban J connectivity index is 3.85. The smallest absolute Gasteiger partial charge is 0.326 e. The van der Waals surface area contributed by atoms with E-state index in [1.807, 2.05) is 5.32 Å². The van der Waals surface area contributed by atoms with Gasteiger partial charge in [-0.15, -0.1) is 0 Å². The van der Waals surface area contributed by atoms with Crippen molar-refractivity contribution in [3.8, 4) is 0 Å². The molecule has 2 atom stereocenters. The van der Waals surface area contributed by atoms with E-state index >= 15 is 0 Å². The number of nitrogens with two attached hydrogens (primary N) is 2. The summed E-state index contributed by atoms with van der Waals surface area (Å²) in [7, 11) is 0. The third-order valence-electron chi connectivity index (χ3n) is 8.39. The van der Waals surface area contributed by atoms with Gasteiger partial charge in [0.1, 0.15) is 18.7 Å². The van der Waals surface area contributed by atoms with Gasteiger partial charge < -0.3 is 76.1 Å². The topological polar surface area (TPSA) is 320 Å². The molecule has 0 fully saturated rings. The molecule has 0 saturated heterocycles. The van der Waals surface area contributed by atoms with E-state index in [9.17, 15) is 28.8 Å². The Bertz CT molecular complexity index is 1240. The fraction of sp³-hybridized carbons (Fsp3) is 0.821. The minimum atomic E-state index is -1.71. The first kappa shape index (κ1) is 58.2.